The summed E-state index contributed by atoms with van der Waals surface area (Å²) >= 11 is 0. The minimum Gasteiger partial charge on any atom is -0.364 e. The summed E-state index contributed by atoms with van der Waals surface area (Å²) in [5.41, 5.74) is 8.66. The molecule has 0 atom stereocenters. The van der Waals surface area contributed by atoms with Crippen molar-refractivity contribution < 1.29 is 4.79 Å². The second kappa shape index (κ2) is 6.63. The van der Waals surface area contributed by atoms with Crippen molar-refractivity contribution in [2.45, 2.75) is 19.3 Å². The molecule has 1 amide bonds. The maximum atomic E-state index is 11.9. The first-order valence-corrected chi connectivity index (χ1v) is 8.92. The number of para-hydroxylation sites is 1. The lowest BCUT2D eigenvalue weighted by molar-refractivity contribution is 0.0991. The lowest BCUT2D eigenvalue weighted by Gasteiger charge is -2.35. The minimum atomic E-state index is -0.373. The van der Waals surface area contributed by atoms with E-state index >= 15 is 0 Å². The Morgan fingerprint density at radius 2 is 1.68 bits per heavy atom. The molecule has 0 unspecified atom stereocenters. The van der Waals surface area contributed by atoms with Gasteiger partial charge >= 0.3 is 0 Å². The smallest absolute Gasteiger partial charge is 0.267 e. The molecule has 2 aromatic carbocycles. The molecule has 128 valence electrons. The van der Waals surface area contributed by atoms with E-state index in [2.05, 4.69) is 41.4 Å². The molecule has 1 aliphatic heterocycles. The molecule has 0 bridgehead atoms. The molecule has 3 aromatic rings. The summed E-state index contributed by atoms with van der Waals surface area (Å²) < 4.78 is 2.02. The van der Waals surface area contributed by atoms with Crippen LogP contribution in [-0.2, 0) is 6.42 Å². The SMILES string of the molecule is NC(=O)c1cc2ccccc2n1N1CCC(Cc2ccccc2)CC1. The predicted octanol–water partition coefficient (Wildman–Crippen LogP) is 3.33. The van der Waals surface area contributed by atoms with E-state index in [1.807, 2.05) is 28.9 Å². The molecule has 25 heavy (non-hydrogen) atoms. The number of amides is 1. The molecule has 1 aliphatic rings. The van der Waals surface area contributed by atoms with E-state index in [0.717, 1.165) is 43.3 Å². The van der Waals surface area contributed by atoms with Crippen molar-refractivity contribution in [1.29, 1.82) is 0 Å². The fourth-order valence-electron chi connectivity index (χ4n) is 3.89. The van der Waals surface area contributed by atoms with Gasteiger partial charge in [0, 0.05) is 18.5 Å². The lowest BCUT2D eigenvalue weighted by atomic mass is 9.91. The largest absolute Gasteiger partial charge is 0.364 e. The second-order valence-electron chi connectivity index (χ2n) is 6.85. The molecule has 1 aromatic heterocycles. The van der Waals surface area contributed by atoms with Crippen LogP contribution in [-0.4, -0.2) is 23.7 Å². The third-order valence-corrected chi connectivity index (χ3v) is 5.18. The fourth-order valence-corrected chi connectivity index (χ4v) is 3.89. The molecule has 4 heteroatoms. The summed E-state index contributed by atoms with van der Waals surface area (Å²) in [7, 11) is 0. The predicted molar refractivity (Wildman–Crippen MR) is 101 cm³/mol. The Hall–Kier alpha value is -2.75. The van der Waals surface area contributed by atoms with Crippen LogP contribution >= 0.6 is 0 Å². The topological polar surface area (TPSA) is 51.3 Å². The van der Waals surface area contributed by atoms with Gasteiger partial charge in [-0.1, -0.05) is 48.5 Å². The van der Waals surface area contributed by atoms with Crippen molar-refractivity contribution in [2.24, 2.45) is 11.7 Å². The van der Waals surface area contributed by atoms with E-state index < -0.39 is 0 Å². The zero-order chi connectivity index (χ0) is 17.2. The summed E-state index contributed by atoms with van der Waals surface area (Å²) in [6.45, 7) is 1.88. The molecular formula is C21H23N3O. The van der Waals surface area contributed by atoms with Crippen LogP contribution in [0.2, 0.25) is 0 Å². The maximum Gasteiger partial charge on any atom is 0.267 e. The van der Waals surface area contributed by atoms with Gasteiger partial charge in [-0.15, -0.1) is 0 Å². The molecule has 2 heterocycles. The first kappa shape index (κ1) is 15.8. The standard InChI is InChI=1S/C21H23N3O/c22-21(25)20-15-18-8-4-5-9-19(18)24(20)23-12-10-17(11-13-23)14-16-6-2-1-3-7-16/h1-9,15,17H,10-14H2,(H2,22,25). The molecule has 1 fully saturated rings. The van der Waals surface area contributed by atoms with Crippen LogP contribution in [0.5, 0.6) is 0 Å². The third kappa shape index (κ3) is 3.12. The zero-order valence-electron chi connectivity index (χ0n) is 14.3. The maximum absolute atomic E-state index is 11.9. The number of carbonyl (C=O) groups is 1. The fraction of sp³-hybridized carbons (Fsp3) is 0.286. The zero-order valence-corrected chi connectivity index (χ0v) is 14.3. The van der Waals surface area contributed by atoms with Gasteiger partial charge in [0.1, 0.15) is 5.69 Å². The van der Waals surface area contributed by atoms with Crippen molar-refractivity contribution in [1.82, 2.24) is 4.68 Å². The Morgan fingerprint density at radius 3 is 2.40 bits per heavy atom. The first-order valence-electron chi connectivity index (χ1n) is 8.92. The molecule has 4 nitrogen and oxygen atoms in total. The number of hydrogen-bond donors (Lipinski definition) is 1. The Labute approximate surface area is 147 Å². The third-order valence-electron chi connectivity index (χ3n) is 5.18. The lowest BCUT2D eigenvalue weighted by Crippen LogP contribution is -2.43. The van der Waals surface area contributed by atoms with Crippen molar-refractivity contribution in [3.63, 3.8) is 0 Å². The van der Waals surface area contributed by atoms with Crippen LogP contribution in [0.3, 0.4) is 0 Å². The summed E-state index contributed by atoms with van der Waals surface area (Å²) in [5, 5.41) is 3.33. The van der Waals surface area contributed by atoms with Gasteiger partial charge in [-0.25, -0.2) is 0 Å². The quantitative estimate of drug-likeness (QED) is 0.796. The number of benzene rings is 2. The van der Waals surface area contributed by atoms with E-state index in [0.29, 0.717) is 11.6 Å². The molecule has 4 rings (SSSR count). The highest BCUT2D eigenvalue weighted by Crippen LogP contribution is 2.25. The van der Waals surface area contributed by atoms with Crippen LogP contribution in [0, 0.1) is 5.92 Å². The minimum absolute atomic E-state index is 0.373. The Balaban J connectivity index is 1.54. The van der Waals surface area contributed by atoms with Crippen molar-refractivity contribution in [2.75, 3.05) is 18.1 Å². The monoisotopic (exact) mass is 333 g/mol. The van der Waals surface area contributed by atoms with E-state index in [4.69, 9.17) is 5.73 Å². The normalized spacial score (nSPS) is 15.6. The highest BCUT2D eigenvalue weighted by atomic mass is 16.1. The number of aromatic nitrogens is 1. The Bertz CT molecular complexity index is 877. The summed E-state index contributed by atoms with van der Waals surface area (Å²) in [5.74, 6) is 0.320. The van der Waals surface area contributed by atoms with Crippen LogP contribution in [0.1, 0.15) is 28.9 Å². The van der Waals surface area contributed by atoms with Crippen molar-refractivity contribution in [3.05, 3.63) is 71.9 Å². The summed E-state index contributed by atoms with van der Waals surface area (Å²) in [6.07, 6.45) is 3.38. The van der Waals surface area contributed by atoms with Crippen LogP contribution < -0.4 is 10.7 Å². The van der Waals surface area contributed by atoms with Crippen molar-refractivity contribution >= 4 is 16.8 Å². The first-order chi connectivity index (χ1) is 12.2. The van der Waals surface area contributed by atoms with E-state index in [-0.39, 0.29) is 5.91 Å². The Morgan fingerprint density at radius 1 is 1.00 bits per heavy atom. The van der Waals surface area contributed by atoms with Gasteiger partial charge < -0.3 is 10.7 Å². The molecule has 1 saturated heterocycles. The van der Waals surface area contributed by atoms with E-state index in [1.165, 1.54) is 5.56 Å². The number of piperidine rings is 1. The van der Waals surface area contributed by atoms with Gasteiger partial charge in [0.25, 0.3) is 5.91 Å². The molecule has 0 spiro atoms. The Kier molecular flexibility index (Phi) is 4.18. The van der Waals surface area contributed by atoms with E-state index in [1.54, 1.807) is 0 Å². The second-order valence-corrected chi connectivity index (χ2v) is 6.85. The van der Waals surface area contributed by atoms with Crippen LogP contribution in [0.15, 0.2) is 60.7 Å². The van der Waals surface area contributed by atoms with Crippen molar-refractivity contribution in [3.8, 4) is 0 Å². The number of hydrogen-bond acceptors (Lipinski definition) is 2. The van der Waals surface area contributed by atoms with Gasteiger partial charge in [-0.05, 0) is 42.9 Å². The van der Waals surface area contributed by atoms with E-state index in [9.17, 15) is 4.79 Å². The van der Waals surface area contributed by atoms with Gasteiger partial charge in [-0.2, -0.15) is 0 Å². The van der Waals surface area contributed by atoms with Gasteiger partial charge in [-0.3, -0.25) is 9.47 Å². The summed E-state index contributed by atoms with van der Waals surface area (Å²) in [6, 6.07) is 20.7. The van der Waals surface area contributed by atoms with Crippen LogP contribution in [0.4, 0.5) is 0 Å². The molecular weight excluding hydrogens is 310 g/mol. The number of nitrogens with two attached hydrogens (primary N) is 1. The highest BCUT2D eigenvalue weighted by molar-refractivity contribution is 5.98. The summed E-state index contributed by atoms with van der Waals surface area (Å²) in [4.78, 5) is 11.9. The number of carbonyl (C=O) groups excluding carboxylic acids is 1. The van der Waals surface area contributed by atoms with Gasteiger partial charge in [0.05, 0.1) is 5.52 Å². The number of rotatable bonds is 4. The molecule has 0 radical (unpaired) electrons. The average Bonchev–Trinajstić information content (AvgIpc) is 3.03. The van der Waals surface area contributed by atoms with Crippen LogP contribution in [0.25, 0.3) is 10.9 Å². The average molecular weight is 333 g/mol. The molecule has 0 saturated carbocycles. The van der Waals surface area contributed by atoms with Gasteiger partial charge in [0.15, 0.2) is 0 Å². The molecule has 0 aliphatic carbocycles. The number of fused-ring (bicyclic) bond motifs is 1. The number of primary amides is 1. The number of nitrogens with zero attached hydrogens (tertiary/aromatic N) is 2. The molecule has 2 N–H and O–H groups in total. The highest BCUT2D eigenvalue weighted by Gasteiger charge is 2.23. The van der Waals surface area contributed by atoms with Gasteiger partial charge in [0.2, 0.25) is 0 Å².